The zero-order valence-corrected chi connectivity index (χ0v) is 18.6. The second kappa shape index (κ2) is 9.31. The van der Waals surface area contributed by atoms with E-state index in [4.69, 9.17) is 14.2 Å². The Kier molecular flexibility index (Phi) is 6.53. The van der Waals surface area contributed by atoms with Gasteiger partial charge in [-0.15, -0.1) is 0 Å². The number of carbonyl (C=O) groups excluding carboxylic acids is 1. The number of nitrogens with zero attached hydrogens (tertiary/aromatic N) is 2. The molecule has 0 aliphatic carbocycles. The number of imidazole rings is 1. The van der Waals surface area contributed by atoms with Crippen LogP contribution in [0.15, 0.2) is 23.4 Å². The molecule has 0 bridgehead atoms. The third kappa shape index (κ3) is 4.75. The van der Waals surface area contributed by atoms with Gasteiger partial charge in [0.05, 0.1) is 30.1 Å². The van der Waals surface area contributed by atoms with Gasteiger partial charge >= 0.3 is 0 Å². The van der Waals surface area contributed by atoms with Crippen LogP contribution in [0.1, 0.15) is 42.8 Å². The van der Waals surface area contributed by atoms with Crippen LogP contribution in [-0.4, -0.2) is 47.1 Å². The number of hydrogen-bond acceptors (Lipinski definition) is 6. The minimum Gasteiger partial charge on any atom is -0.486 e. The molecular weight excluding hydrogens is 402 g/mol. The summed E-state index contributed by atoms with van der Waals surface area (Å²) in [5.41, 5.74) is 3.13. The molecule has 1 aromatic heterocycles. The third-order valence-corrected chi connectivity index (χ3v) is 6.59. The fourth-order valence-corrected chi connectivity index (χ4v) is 4.68. The minimum absolute atomic E-state index is 0.0237. The van der Waals surface area contributed by atoms with Crippen LogP contribution in [0.2, 0.25) is 0 Å². The Morgan fingerprint density at radius 2 is 2.07 bits per heavy atom. The maximum Gasteiger partial charge on any atom is 0.230 e. The lowest BCUT2D eigenvalue weighted by Crippen LogP contribution is -2.28. The maximum atomic E-state index is 12.6. The van der Waals surface area contributed by atoms with E-state index < -0.39 is 0 Å². The molecule has 2 atom stereocenters. The van der Waals surface area contributed by atoms with Crippen LogP contribution in [0.3, 0.4) is 0 Å². The Morgan fingerprint density at radius 3 is 2.83 bits per heavy atom. The molecule has 1 N–H and O–H groups in total. The average molecular weight is 432 g/mol. The van der Waals surface area contributed by atoms with E-state index in [-0.39, 0.29) is 18.1 Å². The Labute approximate surface area is 181 Å². The highest BCUT2D eigenvalue weighted by Crippen LogP contribution is 2.32. The van der Waals surface area contributed by atoms with Gasteiger partial charge in [-0.05, 0) is 51.3 Å². The summed E-state index contributed by atoms with van der Waals surface area (Å²) in [7, 11) is 0. The summed E-state index contributed by atoms with van der Waals surface area (Å²) >= 11 is 1.47. The molecule has 0 spiro atoms. The van der Waals surface area contributed by atoms with Crippen molar-refractivity contribution in [2.24, 2.45) is 0 Å². The van der Waals surface area contributed by atoms with Crippen LogP contribution in [0.4, 0.5) is 0 Å². The second-order valence-corrected chi connectivity index (χ2v) is 8.73. The first kappa shape index (κ1) is 21.1. The number of fused-ring (bicyclic) bond motifs is 1. The first-order valence-corrected chi connectivity index (χ1v) is 11.5. The number of hydrogen-bond donors (Lipinski definition) is 1. The fraction of sp³-hybridized carbons (Fsp3) is 0.545. The normalized spacial score (nSPS) is 19.0. The van der Waals surface area contributed by atoms with Crippen molar-refractivity contribution < 1.29 is 19.0 Å². The number of thioether (sulfide) groups is 1. The number of ether oxygens (including phenoxy) is 3. The van der Waals surface area contributed by atoms with E-state index in [0.717, 1.165) is 59.6 Å². The highest BCUT2D eigenvalue weighted by molar-refractivity contribution is 7.99. The van der Waals surface area contributed by atoms with Crippen molar-refractivity contribution in [1.29, 1.82) is 0 Å². The lowest BCUT2D eigenvalue weighted by molar-refractivity contribution is -0.119. The Bertz CT molecular complexity index is 908. The third-order valence-electron chi connectivity index (χ3n) is 5.61. The Balaban J connectivity index is 1.35. The molecule has 0 saturated carbocycles. The predicted molar refractivity (Wildman–Crippen MR) is 115 cm³/mol. The molecule has 3 heterocycles. The molecule has 30 heavy (non-hydrogen) atoms. The molecule has 7 nitrogen and oxygen atoms in total. The molecule has 1 amide bonds. The number of benzene rings is 1. The van der Waals surface area contributed by atoms with Gasteiger partial charge in [0.15, 0.2) is 16.7 Å². The number of carbonyl (C=O) groups is 1. The predicted octanol–water partition coefficient (Wildman–Crippen LogP) is 3.42. The van der Waals surface area contributed by atoms with Crippen LogP contribution < -0.4 is 14.8 Å². The van der Waals surface area contributed by atoms with E-state index in [1.54, 1.807) is 0 Å². The van der Waals surface area contributed by atoms with E-state index in [9.17, 15) is 4.79 Å². The first-order chi connectivity index (χ1) is 14.5. The highest BCUT2D eigenvalue weighted by Gasteiger charge is 2.21. The van der Waals surface area contributed by atoms with E-state index in [1.165, 1.54) is 11.8 Å². The van der Waals surface area contributed by atoms with Gasteiger partial charge in [-0.25, -0.2) is 4.98 Å². The van der Waals surface area contributed by atoms with Gasteiger partial charge in [-0.1, -0.05) is 17.8 Å². The fourth-order valence-electron chi connectivity index (χ4n) is 3.77. The van der Waals surface area contributed by atoms with E-state index in [1.807, 2.05) is 32.0 Å². The van der Waals surface area contributed by atoms with Gasteiger partial charge in [0.1, 0.15) is 13.2 Å². The average Bonchev–Trinajstić information content (AvgIpc) is 3.36. The van der Waals surface area contributed by atoms with Crippen molar-refractivity contribution >= 4 is 17.7 Å². The minimum atomic E-state index is -0.121. The summed E-state index contributed by atoms with van der Waals surface area (Å²) < 4.78 is 19.2. The second-order valence-electron chi connectivity index (χ2n) is 7.79. The van der Waals surface area contributed by atoms with Gasteiger partial charge in [0.25, 0.3) is 0 Å². The van der Waals surface area contributed by atoms with E-state index >= 15 is 0 Å². The van der Waals surface area contributed by atoms with Gasteiger partial charge < -0.3 is 24.1 Å². The van der Waals surface area contributed by atoms with Crippen LogP contribution in [0.25, 0.3) is 0 Å². The molecule has 2 aliphatic rings. The summed E-state index contributed by atoms with van der Waals surface area (Å²) in [6.45, 7) is 8.80. The molecule has 1 fully saturated rings. The number of amides is 1. The van der Waals surface area contributed by atoms with Crippen LogP contribution >= 0.6 is 11.8 Å². The molecule has 8 heteroatoms. The van der Waals surface area contributed by atoms with Crippen LogP contribution in [-0.2, 0) is 16.1 Å². The largest absolute Gasteiger partial charge is 0.486 e. The summed E-state index contributed by atoms with van der Waals surface area (Å²) in [4.78, 5) is 17.3. The molecular formula is C22H29N3O4S. The summed E-state index contributed by atoms with van der Waals surface area (Å²) in [5.74, 6) is 1.78. The number of nitrogens with one attached hydrogen (secondary N) is 1. The molecule has 1 saturated heterocycles. The lowest BCUT2D eigenvalue weighted by Gasteiger charge is -2.21. The van der Waals surface area contributed by atoms with Crippen molar-refractivity contribution in [2.45, 2.75) is 57.5 Å². The molecule has 1 aromatic carbocycles. The summed E-state index contributed by atoms with van der Waals surface area (Å²) in [5, 5.41) is 3.95. The van der Waals surface area contributed by atoms with Gasteiger partial charge in [0, 0.05) is 12.3 Å². The van der Waals surface area contributed by atoms with Crippen LogP contribution in [0, 0.1) is 13.8 Å². The lowest BCUT2D eigenvalue weighted by atomic mass is 10.1. The zero-order chi connectivity index (χ0) is 21.1. The SMILES string of the molecule is Cc1nc(SCC(=O)N[C@@H](C)c2ccc3c(c2)OCCO3)n(C[C@@H]2CCCO2)c1C. The maximum absolute atomic E-state index is 12.6. The van der Waals surface area contributed by atoms with E-state index in [0.29, 0.717) is 19.0 Å². The van der Waals surface area contributed by atoms with Crippen molar-refractivity contribution in [2.75, 3.05) is 25.6 Å². The highest BCUT2D eigenvalue weighted by atomic mass is 32.2. The van der Waals surface area contributed by atoms with Crippen molar-refractivity contribution in [3.8, 4) is 11.5 Å². The smallest absolute Gasteiger partial charge is 0.230 e. The molecule has 2 aromatic rings. The first-order valence-electron chi connectivity index (χ1n) is 10.5. The Morgan fingerprint density at radius 1 is 1.27 bits per heavy atom. The number of aromatic nitrogens is 2. The zero-order valence-electron chi connectivity index (χ0n) is 17.8. The summed E-state index contributed by atoms with van der Waals surface area (Å²) in [6.07, 6.45) is 2.43. The number of rotatable bonds is 7. The molecule has 4 rings (SSSR count). The topological polar surface area (TPSA) is 74.6 Å². The van der Waals surface area contributed by atoms with E-state index in [2.05, 4.69) is 21.8 Å². The van der Waals surface area contributed by atoms with Gasteiger partial charge in [0.2, 0.25) is 5.91 Å². The number of aryl methyl sites for hydroxylation is 1. The van der Waals surface area contributed by atoms with Crippen molar-refractivity contribution in [3.63, 3.8) is 0 Å². The van der Waals surface area contributed by atoms with Crippen molar-refractivity contribution in [1.82, 2.24) is 14.9 Å². The van der Waals surface area contributed by atoms with Gasteiger partial charge in [-0.3, -0.25) is 4.79 Å². The van der Waals surface area contributed by atoms with Crippen LogP contribution in [0.5, 0.6) is 11.5 Å². The van der Waals surface area contributed by atoms with Crippen molar-refractivity contribution in [3.05, 3.63) is 35.2 Å². The monoisotopic (exact) mass is 431 g/mol. The molecule has 0 unspecified atom stereocenters. The van der Waals surface area contributed by atoms with Gasteiger partial charge in [-0.2, -0.15) is 0 Å². The summed E-state index contributed by atoms with van der Waals surface area (Å²) in [6, 6.07) is 5.68. The standard InChI is InChI=1S/C22H29N3O4S/c1-14-16(3)25(12-18-5-4-8-27-18)22(24-14)30-13-21(26)23-15(2)17-6-7-19-20(11-17)29-10-9-28-19/h6-7,11,15,18H,4-5,8-10,12-13H2,1-3H3,(H,23,26)/t15-,18-/m0/s1. The Hall–Kier alpha value is -2.19. The molecule has 0 radical (unpaired) electrons. The molecule has 2 aliphatic heterocycles. The quantitative estimate of drug-likeness (QED) is 0.677. The molecule has 162 valence electrons.